The molecule has 12 heavy (non-hydrogen) atoms. The van der Waals surface area contributed by atoms with Crippen LogP contribution in [0.1, 0.15) is 33.6 Å². The van der Waals surface area contributed by atoms with E-state index in [4.69, 9.17) is 5.11 Å². The second kappa shape index (κ2) is 3.75. The van der Waals surface area contributed by atoms with Crippen LogP contribution < -0.4 is 5.32 Å². The Morgan fingerprint density at radius 3 is 2.58 bits per heavy atom. The molecule has 1 rings (SSSR count). The van der Waals surface area contributed by atoms with Crippen molar-refractivity contribution < 1.29 is 5.11 Å². The van der Waals surface area contributed by atoms with Crippen LogP contribution in [0.2, 0.25) is 0 Å². The number of aliphatic hydroxyl groups excluding tert-OH is 1. The zero-order valence-electron chi connectivity index (χ0n) is 8.43. The lowest BCUT2D eigenvalue weighted by Crippen LogP contribution is -2.34. The minimum Gasteiger partial charge on any atom is -0.396 e. The van der Waals surface area contributed by atoms with E-state index in [1.54, 1.807) is 0 Å². The first-order valence-electron chi connectivity index (χ1n) is 4.93. The molecule has 2 N–H and O–H groups in total. The molecule has 72 valence electrons. The number of hydrogen-bond donors (Lipinski definition) is 2. The predicted octanol–water partition coefficient (Wildman–Crippen LogP) is 1.39. The van der Waals surface area contributed by atoms with Gasteiger partial charge >= 0.3 is 0 Å². The van der Waals surface area contributed by atoms with E-state index in [1.807, 2.05) is 0 Å². The average molecular weight is 171 g/mol. The SMILES string of the molecule is CCC1CC1NCC(C)(C)CO. The molecule has 1 fully saturated rings. The van der Waals surface area contributed by atoms with Gasteiger partial charge in [-0.25, -0.2) is 0 Å². The van der Waals surface area contributed by atoms with E-state index in [9.17, 15) is 0 Å². The molecule has 2 nitrogen and oxygen atoms in total. The molecule has 1 aliphatic carbocycles. The lowest BCUT2D eigenvalue weighted by molar-refractivity contribution is 0.156. The second-order valence-electron chi connectivity index (χ2n) is 4.71. The number of nitrogens with one attached hydrogen (secondary N) is 1. The molecule has 2 unspecified atom stereocenters. The van der Waals surface area contributed by atoms with Crippen molar-refractivity contribution in [3.8, 4) is 0 Å². The maximum absolute atomic E-state index is 9.01. The Balaban J connectivity index is 2.11. The lowest BCUT2D eigenvalue weighted by atomic mass is 9.95. The fraction of sp³-hybridized carbons (Fsp3) is 1.00. The highest BCUT2D eigenvalue weighted by molar-refractivity contribution is 4.93. The molecule has 0 aliphatic heterocycles. The largest absolute Gasteiger partial charge is 0.396 e. The van der Waals surface area contributed by atoms with E-state index in [2.05, 4.69) is 26.1 Å². The van der Waals surface area contributed by atoms with E-state index in [0.717, 1.165) is 18.5 Å². The summed E-state index contributed by atoms with van der Waals surface area (Å²) >= 11 is 0. The van der Waals surface area contributed by atoms with Gasteiger partial charge < -0.3 is 10.4 Å². The van der Waals surface area contributed by atoms with Crippen LogP contribution in [0.15, 0.2) is 0 Å². The highest BCUT2D eigenvalue weighted by Crippen LogP contribution is 2.33. The summed E-state index contributed by atoms with van der Waals surface area (Å²) in [6.07, 6.45) is 2.62. The van der Waals surface area contributed by atoms with Crippen LogP contribution in [0.25, 0.3) is 0 Å². The van der Waals surface area contributed by atoms with Gasteiger partial charge in [0.15, 0.2) is 0 Å². The van der Waals surface area contributed by atoms with E-state index < -0.39 is 0 Å². The third-order valence-electron chi connectivity index (χ3n) is 2.72. The normalized spacial score (nSPS) is 29.0. The predicted molar refractivity (Wildman–Crippen MR) is 51.1 cm³/mol. The van der Waals surface area contributed by atoms with Crippen LogP contribution in [0.4, 0.5) is 0 Å². The molecule has 0 spiro atoms. The number of hydrogen-bond acceptors (Lipinski definition) is 2. The Morgan fingerprint density at radius 2 is 2.17 bits per heavy atom. The Labute approximate surface area is 75.4 Å². The van der Waals surface area contributed by atoms with E-state index in [-0.39, 0.29) is 12.0 Å². The lowest BCUT2D eigenvalue weighted by Gasteiger charge is -2.21. The maximum Gasteiger partial charge on any atom is 0.0494 e. The van der Waals surface area contributed by atoms with Crippen molar-refractivity contribution in [3.63, 3.8) is 0 Å². The van der Waals surface area contributed by atoms with Crippen LogP contribution in [0.3, 0.4) is 0 Å². The Kier molecular flexibility index (Phi) is 3.13. The molecule has 1 saturated carbocycles. The van der Waals surface area contributed by atoms with Crippen molar-refractivity contribution in [2.45, 2.75) is 39.7 Å². The zero-order chi connectivity index (χ0) is 9.19. The first-order chi connectivity index (χ1) is 5.59. The minimum atomic E-state index is 0.0425. The molecule has 0 radical (unpaired) electrons. The minimum absolute atomic E-state index is 0.0425. The summed E-state index contributed by atoms with van der Waals surface area (Å²) in [4.78, 5) is 0. The molecule has 2 heteroatoms. The van der Waals surface area contributed by atoms with Gasteiger partial charge in [0.1, 0.15) is 0 Å². The molecule has 0 saturated heterocycles. The van der Waals surface area contributed by atoms with Crippen LogP contribution in [0.5, 0.6) is 0 Å². The molecular weight excluding hydrogens is 150 g/mol. The van der Waals surface area contributed by atoms with E-state index >= 15 is 0 Å². The summed E-state index contributed by atoms with van der Waals surface area (Å²) in [5.74, 6) is 0.902. The topological polar surface area (TPSA) is 32.3 Å². The molecule has 0 aromatic heterocycles. The summed E-state index contributed by atoms with van der Waals surface area (Å²) in [6, 6.07) is 0.737. The van der Waals surface area contributed by atoms with Gasteiger partial charge in [-0.3, -0.25) is 0 Å². The fourth-order valence-corrected chi connectivity index (χ4v) is 1.41. The fourth-order valence-electron chi connectivity index (χ4n) is 1.41. The molecule has 0 heterocycles. The van der Waals surface area contributed by atoms with Gasteiger partial charge in [-0.2, -0.15) is 0 Å². The summed E-state index contributed by atoms with van der Waals surface area (Å²) in [6.45, 7) is 7.62. The third-order valence-corrected chi connectivity index (χ3v) is 2.72. The van der Waals surface area contributed by atoms with Gasteiger partial charge in [0, 0.05) is 24.6 Å². The quantitative estimate of drug-likeness (QED) is 0.655. The smallest absolute Gasteiger partial charge is 0.0494 e. The van der Waals surface area contributed by atoms with Crippen LogP contribution in [-0.2, 0) is 0 Å². The number of aliphatic hydroxyl groups is 1. The van der Waals surface area contributed by atoms with Crippen molar-refractivity contribution in [1.29, 1.82) is 0 Å². The van der Waals surface area contributed by atoms with Gasteiger partial charge in [0.25, 0.3) is 0 Å². The van der Waals surface area contributed by atoms with Crippen LogP contribution >= 0.6 is 0 Å². The monoisotopic (exact) mass is 171 g/mol. The van der Waals surface area contributed by atoms with Gasteiger partial charge in [-0.05, 0) is 12.3 Å². The third kappa shape index (κ3) is 2.76. The van der Waals surface area contributed by atoms with Crippen molar-refractivity contribution in [2.75, 3.05) is 13.2 Å². The van der Waals surface area contributed by atoms with Crippen molar-refractivity contribution in [3.05, 3.63) is 0 Å². The summed E-state index contributed by atoms with van der Waals surface area (Å²) in [5, 5.41) is 12.5. The molecule has 1 aliphatic rings. The zero-order valence-corrected chi connectivity index (χ0v) is 8.43. The van der Waals surface area contributed by atoms with Gasteiger partial charge in [0.05, 0.1) is 0 Å². The first kappa shape index (κ1) is 10.0. The van der Waals surface area contributed by atoms with Crippen molar-refractivity contribution in [2.24, 2.45) is 11.3 Å². The first-order valence-corrected chi connectivity index (χ1v) is 4.93. The van der Waals surface area contributed by atoms with Crippen LogP contribution in [0, 0.1) is 11.3 Å². The van der Waals surface area contributed by atoms with E-state index in [1.165, 1.54) is 12.8 Å². The summed E-state index contributed by atoms with van der Waals surface area (Å²) in [5.41, 5.74) is 0.0425. The Hall–Kier alpha value is -0.0800. The Bertz CT molecular complexity index is 145. The van der Waals surface area contributed by atoms with Gasteiger partial charge in [-0.1, -0.05) is 27.2 Å². The molecule has 0 aromatic rings. The van der Waals surface area contributed by atoms with Crippen molar-refractivity contribution >= 4 is 0 Å². The highest BCUT2D eigenvalue weighted by atomic mass is 16.3. The second-order valence-corrected chi connectivity index (χ2v) is 4.71. The highest BCUT2D eigenvalue weighted by Gasteiger charge is 2.35. The average Bonchev–Trinajstić information content (AvgIpc) is 2.80. The Morgan fingerprint density at radius 1 is 1.50 bits per heavy atom. The molecule has 2 atom stereocenters. The molecule has 0 aromatic carbocycles. The summed E-state index contributed by atoms with van der Waals surface area (Å²) in [7, 11) is 0. The van der Waals surface area contributed by atoms with E-state index in [0.29, 0.717) is 0 Å². The number of rotatable bonds is 5. The maximum atomic E-state index is 9.01. The van der Waals surface area contributed by atoms with Gasteiger partial charge in [0.2, 0.25) is 0 Å². The molecule has 0 bridgehead atoms. The molecule has 0 amide bonds. The van der Waals surface area contributed by atoms with Crippen LogP contribution in [-0.4, -0.2) is 24.3 Å². The summed E-state index contributed by atoms with van der Waals surface area (Å²) < 4.78 is 0. The van der Waals surface area contributed by atoms with Gasteiger partial charge in [-0.15, -0.1) is 0 Å². The molecular formula is C10H21NO. The standard InChI is InChI=1S/C10H21NO/c1-4-8-5-9(8)11-6-10(2,3)7-12/h8-9,11-12H,4-7H2,1-3H3. The van der Waals surface area contributed by atoms with Crippen molar-refractivity contribution in [1.82, 2.24) is 5.32 Å².